The van der Waals surface area contributed by atoms with Crippen LogP contribution >= 0.6 is 0 Å². The van der Waals surface area contributed by atoms with Crippen LogP contribution in [0, 0.1) is 10.1 Å². The number of hydrogen-bond donors (Lipinski definition) is 2. The zero-order valence-electron chi connectivity index (χ0n) is 11.2. The summed E-state index contributed by atoms with van der Waals surface area (Å²) in [6.45, 7) is 0. The molecule has 108 valence electrons. The Morgan fingerprint density at radius 1 is 1.27 bits per heavy atom. The molecule has 4 rings (SSSR count). The summed E-state index contributed by atoms with van der Waals surface area (Å²) in [5, 5.41) is 22.1. The van der Waals surface area contributed by atoms with Crippen LogP contribution in [0.25, 0.3) is 16.6 Å². The maximum atomic E-state index is 11.3. The number of benzene rings is 1. The van der Waals surface area contributed by atoms with Crippen molar-refractivity contribution in [1.82, 2.24) is 19.6 Å². The van der Waals surface area contributed by atoms with E-state index in [1.807, 2.05) is 18.2 Å². The quantitative estimate of drug-likeness (QED) is 0.447. The summed E-state index contributed by atoms with van der Waals surface area (Å²) < 4.78 is 1.44. The zero-order chi connectivity index (χ0) is 15.1. The molecule has 0 saturated heterocycles. The van der Waals surface area contributed by atoms with Gasteiger partial charge in [-0.25, -0.2) is 0 Å². The van der Waals surface area contributed by atoms with Gasteiger partial charge in [0.2, 0.25) is 11.5 Å². The molecule has 0 aliphatic heterocycles. The molecule has 0 bridgehead atoms. The van der Waals surface area contributed by atoms with Gasteiger partial charge in [0.1, 0.15) is 0 Å². The molecule has 0 atom stereocenters. The maximum Gasteiger partial charge on any atom is 0.372 e. The molecule has 0 spiro atoms. The summed E-state index contributed by atoms with van der Waals surface area (Å²) in [6.07, 6.45) is 3.31. The minimum absolute atomic E-state index is 0.0945. The van der Waals surface area contributed by atoms with Gasteiger partial charge in [0.05, 0.1) is 17.9 Å². The van der Waals surface area contributed by atoms with Crippen molar-refractivity contribution in [2.24, 2.45) is 0 Å². The van der Waals surface area contributed by atoms with Gasteiger partial charge in [0.15, 0.2) is 0 Å². The summed E-state index contributed by atoms with van der Waals surface area (Å²) in [5.41, 5.74) is 2.12. The van der Waals surface area contributed by atoms with Gasteiger partial charge in [-0.15, -0.1) is 0 Å². The van der Waals surface area contributed by atoms with Crippen LogP contribution in [0.2, 0.25) is 0 Å². The molecule has 4 aromatic rings. The van der Waals surface area contributed by atoms with E-state index in [1.54, 1.807) is 30.6 Å². The first-order valence-corrected chi connectivity index (χ1v) is 6.54. The Morgan fingerprint density at radius 2 is 2.18 bits per heavy atom. The molecule has 8 nitrogen and oxygen atoms in total. The average molecular weight is 294 g/mol. The third-order valence-electron chi connectivity index (χ3n) is 3.38. The molecule has 3 aromatic heterocycles. The predicted molar refractivity (Wildman–Crippen MR) is 81.2 cm³/mol. The number of nitrogens with zero attached hydrogens (tertiary/aromatic N) is 4. The maximum absolute atomic E-state index is 11.3. The predicted octanol–water partition coefficient (Wildman–Crippen LogP) is 2.86. The van der Waals surface area contributed by atoms with E-state index in [4.69, 9.17) is 0 Å². The van der Waals surface area contributed by atoms with Crippen LogP contribution in [0.3, 0.4) is 0 Å². The lowest BCUT2D eigenvalue weighted by atomic mass is 10.2. The lowest BCUT2D eigenvalue weighted by molar-refractivity contribution is -0.389. The molecule has 0 unspecified atom stereocenters. The monoisotopic (exact) mass is 294 g/mol. The number of nitro groups is 1. The highest BCUT2D eigenvalue weighted by Gasteiger charge is 2.22. The fourth-order valence-electron chi connectivity index (χ4n) is 2.40. The van der Waals surface area contributed by atoms with Crippen molar-refractivity contribution in [3.05, 3.63) is 58.9 Å². The number of rotatable bonds is 3. The highest BCUT2D eigenvalue weighted by Crippen LogP contribution is 2.29. The topological polar surface area (TPSA) is 101 Å². The Kier molecular flexibility index (Phi) is 2.55. The standard InChI is InChI=1S/C14H10N6O2/c21-20(22)14-13(17-12-3-1-2-6-19(12)14)16-10-4-5-11-9(7-10)8-15-18-11/h1-8,16H,(H,15,18). The van der Waals surface area contributed by atoms with Crippen molar-refractivity contribution < 1.29 is 4.92 Å². The average Bonchev–Trinajstić information content (AvgIpc) is 3.09. The van der Waals surface area contributed by atoms with E-state index in [0.29, 0.717) is 11.3 Å². The molecule has 0 amide bonds. The summed E-state index contributed by atoms with van der Waals surface area (Å²) in [5.74, 6) is 0.113. The van der Waals surface area contributed by atoms with E-state index in [-0.39, 0.29) is 11.6 Å². The van der Waals surface area contributed by atoms with E-state index in [9.17, 15) is 10.1 Å². The Morgan fingerprint density at radius 3 is 3.05 bits per heavy atom. The molecule has 0 fully saturated rings. The second kappa shape index (κ2) is 4.55. The van der Waals surface area contributed by atoms with Gasteiger partial charge in [-0.05, 0) is 29.2 Å². The number of aromatic nitrogens is 4. The minimum atomic E-state index is -0.446. The summed E-state index contributed by atoms with van der Waals surface area (Å²) >= 11 is 0. The Hall–Kier alpha value is -3.42. The number of pyridine rings is 1. The SMILES string of the molecule is O=[N+]([O-])c1c(Nc2ccc3[nH]ncc3c2)nc2ccccn12. The highest BCUT2D eigenvalue weighted by atomic mass is 16.6. The molecule has 0 aliphatic carbocycles. The summed E-state index contributed by atoms with van der Waals surface area (Å²) in [4.78, 5) is 15.2. The number of anilines is 2. The Labute approximate surface area is 123 Å². The lowest BCUT2D eigenvalue weighted by Crippen LogP contribution is -1.98. The number of hydrogen-bond acceptors (Lipinski definition) is 5. The summed E-state index contributed by atoms with van der Waals surface area (Å²) in [7, 11) is 0. The molecular formula is C14H10N6O2. The Bertz CT molecular complexity index is 1000. The number of nitrogens with one attached hydrogen (secondary N) is 2. The van der Waals surface area contributed by atoms with Gasteiger partial charge < -0.3 is 15.4 Å². The molecule has 8 heteroatoms. The van der Waals surface area contributed by atoms with E-state index in [0.717, 1.165) is 10.9 Å². The molecule has 2 N–H and O–H groups in total. The first kappa shape index (κ1) is 12.3. The Balaban J connectivity index is 1.83. The van der Waals surface area contributed by atoms with Crippen molar-refractivity contribution in [3.8, 4) is 0 Å². The highest BCUT2D eigenvalue weighted by molar-refractivity contribution is 5.83. The van der Waals surface area contributed by atoms with E-state index in [2.05, 4.69) is 20.5 Å². The van der Waals surface area contributed by atoms with Crippen LogP contribution in [0.4, 0.5) is 17.3 Å². The van der Waals surface area contributed by atoms with Crippen LogP contribution in [0.15, 0.2) is 48.8 Å². The fraction of sp³-hybridized carbons (Fsp3) is 0. The second-order valence-electron chi connectivity index (χ2n) is 4.77. The molecular weight excluding hydrogens is 284 g/mol. The van der Waals surface area contributed by atoms with Gasteiger partial charge in [0, 0.05) is 17.1 Å². The van der Waals surface area contributed by atoms with Gasteiger partial charge in [-0.2, -0.15) is 14.5 Å². The van der Waals surface area contributed by atoms with Crippen LogP contribution in [-0.2, 0) is 0 Å². The normalized spacial score (nSPS) is 11.1. The van der Waals surface area contributed by atoms with E-state index < -0.39 is 4.92 Å². The first-order chi connectivity index (χ1) is 10.7. The largest absolute Gasteiger partial charge is 0.372 e. The van der Waals surface area contributed by atoms with Crippen LogP contribution in [0.1, 0.15) is 0 Å². The van der Waals surface area contributed by atoms with Crippen molar-refractivity contribution in [2.75, 3.05) is 5.32 Å². The van der Waals surface area contributed by atoms with Crippen molar-refractivity contribution in [2.45, 2.75) is 0 Å². The number of H-pyrrole nitrogens is 1. The third-order valence-corrected chi connectivity index (χ3v) is 3.38. The third kappa shape index (κ3) is 1.85. The number of aromatic amines is 1. The minimum Gasteiger partial charge on any atom is -0.358 e. The van der Waals surface area contributed by atoms with E-state index in [1.165, 1.54) is 4.40 Å². The lowest BCUT2D eigenvalue weighted by Gasteiger charge is -2.03. The van der Waals surface area contributed by atoms with Crippen LogP contribution in [-0.4, -0.2) is 24.5 Å². The van der Waals surface area contributed by atoms with E-state index >= 15 is 0 Å². The molecule has 3 heterocycles. The molecule has 1 aromatic carbocycles. The van der Waals surface area contributed by atoms with Crippen molar-refractivity contribution in [1.29, 1.82) is 0 Å². The fourth-order valence-corrected chi connectivity index (χ4v) is 2.40. The molecule has 0 saturated carbocycles. The number of fused-ring (bicyclic) bond motifs is 2. The molecule has 0 radical (unpaired) electrons. The van der Waals surface area contributed by atoms with Gasteiger partial charge in [-0.1, -0.05) is 6.07 Å². The summed E-state index contributed by atoms with van der Waals surface area (Å²) in [6, 6.07) is 10.8. The number of imidazole rings is 1. The van der Waals surface area contributed by atoms with Gasteiger partial charge in [-0.3, -0.25) is 5.10 Å². The smallest absolute Gasteiger partial charge is 0.358 e. The van der Waals surface area contributed by atoms with Gasteiger partial charge in [0.25, 0.3) is 0 Å². The molecule has 22 heavy (non-hydrogen) atoms. The van der Waals surface area contributed by atoms with Crippen molar-refractivity contribution in [3.63, 3.8) is 0 Å². The first-order valence-electron chi connectivity index (χ1n) is 6.54. The van der Waals surface area contributed by atoms with Crippen LogP contribution in [0.5, 0.6) is 0 Å². The second-order valence-corrected chi connectivity index (χ2v) is 4.77. The van der Waals surface area contributed by atoms with Crippen molar-refractivity contribution >= 4 is 33.9 Å². The van der Waals surface area contributed by atoms with Gasteiger partial charge >= 0.3 is 5.82 Å². The molecule has 0 aliphatic rings. The van der Waals surface area contributed by atoms with Crippen LogP contribution < -0.4 is 5.32 Å². The zero-order valence-corrected chi connectivity index (χ0v) is 11.2.